The van der Waals surface area contributed by atoms with Gasteiger partial charge in [0.2, 0.25) is 0 Å². The minimum Gasteiger partial charge on any atom is -0.384 e. The van der Waals surface area contributed by atoms with Crippen LogP contribution in [-0.4, -0.2) is 31.1 Å². The van der Waals surface area contributed by atoms with E-state index in [1.165, 1.54) is 38.0 Å². The molecule has 100 valence electrons. The van der Waals surface area contributed by atoms with E-state index in [4.69, 9.17) is 0 Å². The van der Waals surface area contributed by atoms with Gasteiger partial charge in [0.1, 0.15) is 0 Å². The Morgan fingerprint density at radius 3 is 2.78 bits per heavy atom. The third-order valence-corrected chi connectivity index (χ3v) is 4.36. The summed E-state index contributed by atoms with van der Waals surface area (Å²) in [6.07, 6.45) is 4.12. The highest BCUT2D eigenvalue weighted by molar-refractivity contribution is 9.10. The van der Waals surface area contributed by atoms with Crippen LogP contribution in [-0.2, 0) is 0 Å². The molecule has 1 saturated heterocycles. The molecule has 0 aliphatic carbocycles. The number of halogens is 1. The van der Waals surface area contributed by atoms with E-state index in [0.29, 0.717) is 0 Å². The van der Waals surface area contributed by atoms with Crippen LogP contribution in [0.1, 0.15) is 26.2 Å². The first-order valence-electron chi connectivity index (χ1n) is 6.99. The molecular weight excluding hydrogens is 288 g/mol. The Hall–Kier alpha value is -0.540. The highest BCUT2D eigenvalue weighted by atomic mass is 79.9. The average Bonchev–Trinajstić information content (AvgIpc) is 2.40. The molecule has 1 aliphatic rings. The molecule has 1 fully saturated rings. The fourth-order valence-corrected chi connectivity index (χ4v) is 2.97. The van der Waals surface area contributed by atoms with Gasteiger partial charge in [0.25, 0.3) is 0 Å². The zero-order valence-electron chi connectivity index (χ0n) is 11.2. The van der Waals surface area contributed by atoms with Crippen LogP contribution in [0.15, 0.2) is 28.7 Å². The maximum absolute atomic E-state index is 3.49. The Labute approximate surface area is 119 Å². The van der Waals surface area contributed by atoms with E-state index in [0.717, 1.165) is 23.5 Å². The monoisotopic (exact) mass is 310 g/mol. The highest BCUT2D eigenvalue weighted by Crippen LogP contribution is 2.19. The standard InChI is InChI=1S/C15H23BrN2/c1-2-13-6-9-18(10-7-13)11-8-17-15-5-3-4-14(16)12-15/h3-5,12-13,17H,2,6-11H2,1H3. The number of piperidine rings is 1. The van der Waals surface area contributed by atoms with Crippen molar-refractivity contribution in [3.63, 3.8) is 0 Å². The van der Waals surface area contributed by atoms with Gasteiger partial charge in [0, 0.05) is 23.2 Å². The predicted molar refractivity (Wildman–Crippen MR) is 82.1 cm³/mol. The fraction of sp³-hybridized carbons (Fsp3) is 0.600. The average molecular weight is 311 g/mol. The van der Waals surface area contributed by atoms with Gasteiger partial charge in [-0.25, -0.2) is 0 Å². The lowest BCUT2D eigenvalue weighted by molar-refractivity contribution is 0.188. The van der Waals surface area contributed by atoms with Crippen molar-refractivity contribution >= 4 is 21.6 Å². The second kappa shape index (κ2) is 7.15. The molecule has 0 atom stereocenters. The topological polar surface area (TPSA) is 15.3 Å². The quantitative estimate of drug-likeness (QED) is 0.885. The first kappa shape index (κ1) is 13.9. The predicted octanol–water partition coefficient (Wildman–Crippen LogP) is 3.98. The van der Waals surface area contributed by atoms with E-state index in [-0.39, 0.29) is 0 Å². The second-order valence-corrected chi connectivity index (χ2v) is 6.05. The molecule has 0 aromatic heterocycles. The Morgan fingerprint density at radius 1 is 1.33 bits per heavy atom. The number of likely N-dealkylation sites (tertiary alicyclic amines) is 1. The van der Waals surface area contributed by atoms with Crippen molar-refractivity contribution < 1.29 is 0 Å². The summed E-state index contributed by atoms with van der Waals surface area (Å²) < 4.78 is 1.14. The van der Waals surface area contributed by atoms with E-state index in [9.17, 15) is 0 Å². The molecule has 0 unspecified atom stereocenters. The van der Waals surface area contributed by atoms with Gasteiger partial charge in [0.15, 0.2) is 0 Å². The van der Waals surface area contributed by atoms with E-state index in [1.54, 1.807) is 0 Å². The smallest absolute Gasteiger partial charge is 0.0351 e. The van der Waals surface area contributed by atoms with Crippen LogP contribution in [0.25, 0.3) is 0 Å². The van der Waals surface area contributed by atoms with Crippen LogP contribution in [0.3, 0.4) is 0 Å². The summed E-state index contributed by atoms with van der Waals surface area (Å²) in [7, 11) is 0. The molecule has 1 N–H and O–H groups in total. The Bertz CT molecular complexity index is 359. The number of nitrogens with zero attached hydrogens (tertiary/aromatic N) is 1. The molecule has 2 rings (SSSR count). The van der Waals surface area contributed by atoms with E-state index >= 15 is 0 Å². The van der Waals surface area contributed by atoms with Gasteiger partial charge in [-0.3, -0.25) is 0 Å². The molecule has 18 heavy (non-hydrogen) atoms. The molecule has 1 aromatic rings. The Kier molecular flexibility index (Phi) is 5.51. The number of benzene rings is 1. The highest BCUT2D eigenvalue weighted by Gasteiger charge is 2.16. The van der Waals surface area contributed by atoms with Gasteiger partial charge in [-0.05, 0) is 50.0 Å². The van der Waals surface area contributed by atoms with Crippen LogP contribution in [0, 0.1) is 5.92 Å². The number of hydrogen-bond acceptors (Lipinski definition) is 2. The molecule has 0 bridgehead atoms. The maximum atomic E-state index is 3.49. The van der Waals surface area contributed by atoms with Crippen molar-refractivity contribution in [2.24, 2.45) is 5.92 Å². The molecule has 0 radical (unpaired) electrons. The lowest BCUT2D eigenvalue weighted by atomic mass is 9.94. The van der Waals surface area contributed by atoms with Crippen LogP contribution >= 0.6 is 15.9 Å². The van der Waals surface area contributed by atoms with Gasteiger partial charge in [0.05, 0.1) is 0 Å². The lowest BCUT2D eigenvalue weighted by Crippen LogP contribution is -2.36. The van der Waals surface area contributed by atoms with Gasteiger partial charge in [-0.2, -0.15) is 0 Å². The van der Waals surface area contributed by atoms with E-state index in [1.807, 2.05) is 0 Å². The molecule has 3 heteroatoms. The normalized spacial score (nSPS) is 17.9. The van der Waals surface area contributed by atoms with Crippen molar-refractivity contribution in [1.82, 2.24) is 4.90 Å². The third-order valence-electron chi connectivity index (χ3n) is 3.87. The summed E-state index contributed by atoms with van der Waals surface area (Å²) in [6, 6.07) is 8.37. The largest absolute Gasteiger partial charge is 0.384 e. The van der Waals surface area contributed by atoms with Gasteiger partial charge in [-0.1, -0.05) is 35.3 Å². The summed E-state index contributed by atoms with van der Waals surface area (Å²) in [4.78, 5) is 2.58. The number of nitrogens with one attached hydrogen (secondary N) is 1. The van der Waals surface area contributed by atoms with Crippen LogP contribution in [0.5, 0.6) is 0 Å². The summed E-state index contributed by atoms with van der Waals surface area (Å²) in [6.45, 7) is 7.06. The minimum absolute atomic E-state index is 0.972. The lowest BCUT2D eigenvalue weighted by Gasteiger charge is -2.31. The van der Waals surface area contributed by atoms with Crippen molar-refractivity contribution in [1.29, 1.82) is 0 Å². The number of anilines is 1. The summed E-state index contributed by atoms with van der Waals surface area (Å²) >= 11 is 3.49. The molecule has 1 aliphatic heterocycles. The van der Waals surface area contributed by atoms with Crippen molar-refractivity contribution in [3.8, 4) is 0 Å². The first-order valence-corrected chi connectivity index (χ1v) is 7.79. The van der Waals surface area contributed by atoms with Gasteiger partial charge >= 0.3 is 0 Å². The summed E-state index contributed by atoms with van der Waals surface area (Å²) in [5.74, 6) is 0.972. The number of hydrogen-bond donors (Lipinski definition) is 1. The van der Waals surface area contributed by atoms with Gasteiger partial charge in [-0.15, -0.1) is 0 Å². The van der Waals surface area contributed by atoms with Crippen LogP contribution in [0.2, 0.25) is 0 Å². The SMILES string of the molecule is CCC1CCN(CCNc2cccc(Br)c2)CC1. The molecular formula is C15H23BrN2. The minimum atomic E-state index is 0.972. The third kappa shape index (κ3) is 4.29. The summed E-state index contributed by atoms with van der Waals surface area (Å²) in [5, 5.41) is 3.49. The molecule has 0 amide bonds. The maximum Gasteiger partial charge on any atom is 0.0351 e. The Balaban J connectivity index is 1.67. The zero-order valence-corrected chi connectivity index (χ0v) is 12.7. The zero-order chi connectivity index (χ0) is 12.8. The van der Waals surface area contributed by atoms with E-state index < -0.39 is 0 Å². The molecule has 2 nitrogen and oxygen atoms in total. The summed E-state index contributed by atoms with van der Waals surface area (Å²) in [5.41, 5.74) is 1.20. The van der Waals surface area contributed by atoms with Crippen LogP contribution in [0.4, 0.5) is 5.69 Å². The fourth-order valence-electron chi connectivity index (χ4n) is 2.58. The first-order chi connectivity index (χ1) is 8.78. The molecule has 1 aromatic carbocycles. The van der Waals surface area contributed by atoms with Crippen LogP contribution < -0.4 is 5.32 Å². The molecule has 0 saturated carbocycles. The molecule has 1 heterocycles. The Morgan fingerprint density at radius 2 is 2.11 bits per heavy atom. The van der Waals surface area contributed by atoms with E-state index in [2.05, 4.69) is 57.3 Å². The molecule has 0 spiro atoms. The van der Waals surface area contributed by atoms with Crippen molar-refractivity contribution in [2.75, 3.05) is 31.5 Å². The number of rotatable bonds is 5. The second-order valence-electron chi connectivity index (χ2n) is 5.13. The van der Waals surface area contributed by atoms with Crippen molar-refractivity contribution in [2.45, 2.75) is 26.2 Å². The van der Waals surface area contributed by atoms with Gasteiger partial charge < -0.3 is 10.2 Å². The van der Waals surface area contributed by atoms with Crippen molar-refractivity contribution in [3.05, 3.63) is 28.7 Å².